The summed E-state index contributed by atoms with van der Waals surface area (Å²) in [6.07, 6.45) is 5.36. The van der Waals surface area contributed by atoms with E-state index in [0.29, 0.717) is 5.15 Å². The number of likely N-dealkylation sites (tertiary alicyclic amines) is 2. The molecule has 1 aromatic heterocycles. The fourth-order valence-electron chi connectivity index (χ4n) is 4.20. The van der Waals surface area contributed by atoms with Gasteiger partial charge in [-0.1, -0.05) is 24.9 Å². The van der Waals surface area contributed by atoms with Gasteiger partial charge in [0.2, 0.25) is 5.91 Å². The van der Waals surface area contributed by atoms with Gasteiger partial charge in [0, 0.05) is 19.2 Å². The number of likely N-dealkylation sites (N-methyl/N-ethyl adjacent to an activating group) is 1. The van der Waals surface area contributed by atoms with Crippen LogP contribution in [0.5, 0.6) is 0 Å². The lowest BCUT2D eigenvalue weighted by atomic mass is 9.99. The number of nitrogens with zero attached hydrogens (tertiary/aromatic N) is 4. The molecule has 0 N–H and O–H groups in total. The smallest absolute Gasteiger partial charge is 0.240 e. The second-order valence-electron chi connectivity index (χ2n) is 6.74. The molecule has 0 bridgehead atoms. The highest BCUT2D eigenvalue weighted by atomic mass is 35.5. The number of rotatable bonds is 3. The summed E-state index contributed by atoms with van der Waals surface area (Å²) in [5.41, 5.74) is 1.98. The summed E-state index contributed by atoms with van der Waals surface area (Å²) in [4.78, 5) is 17.6. The molecule has 2 fully saturated rings. The molecule has 2 atom stereocenters. The minimum absolute atomic E-state index is 0.0464. The molecule has 2 aliphatic heterocycles. The molecule has 23 heavy (non-hydrogen) atoms. The number of amides is 1. The van der Waals surface area contributed by atoms with Crippen LogP contribution in [0.1, 0.15) is 56.3 Å². The highest BCUT2D eigenvalue weighted by Gasteiger charge is 2.39. The molecular formula is C17H27ClN4O. The van der Waals surface area contributed by atoms with E-state index >= 15 is 0 Å². The van der Waals surface area contributed by atoms with Gasteiger partial charge in [0.25, 0.3) is 0 Å². The van der Waals surface area contributed by atoms with Gasteiger partial charge in [0.05, 0.1) is 17.8 Å². The largest absolute Gasteiger partial charge is 0.334 e. The predicted octanol–water partition coefficient (Wildman–Crippen LogP) is 2.92. The van der Waals surface area contributed by atoms with Crippen molar-refractivity contribution in [3.8, 4) is 0 Å². The molecular weight excluding hydrogens is 312 g/mol. The Morgan fingerprint density at radius 1 is 1.26 bits per heavy atom. The summed E-state index contributed by atoms with van der Waals surface area (Å²) in [7, 11) is 1.86. The van der Waals surface area contributed by atoms with Crippen LogP contribution in [0.2, 0.25) is 5.15 Å². The second-order valence-corrected chi connectivity index (χ2v) is 7.10. The van der Waals surface area contributed by atoms with E-state index < -0.39 is 0 Å². The molecule has 5 nitrogen and oxygen atoms in total. The Bertz CT molecular complexity index is 585. The number of hydrogen-bond acceptors (Lipinski definition) is 3. The Hall–Kier alpha value is -1.07. The molecule has 2 aliphatic rings. The minimum Gasteiger partial charge on any atom is -0.334 e. The van der Waals surface area contributed by atoms with Crippen molar-refractivity contribution in [3.05, 3.63) is 16.4 Å². The molecule has 6 heteroatoms. The SMILES string of the molecule is CCN1CCCC[C@@H]1C(=O)N1CCC[C@@H]1c1c(C)nn(C)c1Cl. The van der Waals surface area contributed by atoms with E-state index in [4.69, 9.17) is 11.6 Å². The molecule has 1 aromatic rings. The van der Waals surface area contributed by atoms with Crippen molar-refractivity contribution in [2.45, 2.75) is 58.0 Å². The first-order valence-electron chi connectivity index (χ1n) is 8.78. The van der Waals surface area contributed by atoms with E-state index in [2.05, 4.69) is 21.8 Å². The molecule has 0 radical (unpaired) electrons. The highest BCUT2D eigenvalue weighted by molar-refractivity contribution is 6.30. The summed E-state index contributed by atoms with van der Waals surface area (Å²) < 4.78 is 1.71. The number of piperidine rings is 1. The number of aromatic nitrogens is 2. The number of carbonyl (C=O) groups is 1. The lowest BCUT2D eigenvalue weighted by Crippen LogP contribution is -2.50. The minimum atomic E-state index is 0.0464. The monoisotopic (exact) mass is 338 g/mol. The van der Waals surface area contributed by atoms with Gasteiger partial charge in [0.15, 0.2) is 0 Å². The van der Waals surface area contributed by atoms with E-state index in [9.17, 15) is 4.79 Å². The fraction of sp³-hybridized carbons (Fsp3) is 0.765. The fourth-order valence-corrected chi connectivity index (χ4v) is 4.50. The first-order chi connectivity index (χ1) is 11.0. The van der Waals surface area contributed by atoms with Crippen LogP contribution in [-0.4, -0.2) is 51.2 Å². The van der Waals surface area contributed by atoms with E-state index in [1.807, 2.05) is 14.0 Å². The Morgan fingerprint density at radius 2 is 2.04 bits per heavy atom. The van der Waals surface area contributed by atoms with E-state index in [1.165, 1.54) is 6.42 Å². The third-order valence-electron chi connectivity index (χ3n) is 5.37. The maximum absolute atomic E-state index is 13.2. The van der Waals surface area contributed by atoms with Gasteiger partial charge in [-0.05, 0) is 45.7 Å². The quantitative estimate of drug-likeness (QED) is 0.851. The summed E-state index contributed by atoms with van der Waals surface area (Å²) in [6.45, 7) is 6.96. The van der Waals surface area contributed by atoms with Gasteiger partial charge >= 0.3 is 0 Å². The predicted molar refractivity (Wildman–Crippen MR) is 91.5 cm³/mol. The van der Waals surface area contributed by atoms with E-state index in [1.54, 1.807) is 4.68 Å². The number of aryl methyl sites for hydroxylation is 2. The van der Waals surface area contributed by atoms with Crippen LogP contribution in [-0.2, 0) is 11.8 Å². The molecule has 2 saturated heterocycles. The van der Waals surface area contributed by atoms with Crippen molar-refractivity contribution < 1.29 is 4.79 Å². The van der Waals surface area contributed by atoms with Gasteiger partial charge in [-0.2, -0.15) is 5.10 Å². The van der Waals surface area contributed by atoms with Gasteiger partial charge in [-0.15, -0.1) is 0 Å². The third kappa shape index (κ3) is 3.01. The Labute approximate surface area is 143 Å². The normalized spacial score (nSPS) is 26.0. The van der Waals surface area contributed by atoms with Crippen molar-refractivity contribution in [2.24, 2.45) is 7.05 Å². The molecule has 1 amide bonds. The van der Waals surface area contributed by atoms with Crippen LogP contribution in [0, 0.1) is 6.92 Å². The zero-order valence-corrected chi connectivity index (χ0v) is 15.1. The Balaban J connectivity index is 1.85. The van der Waals surface area contributed by atoms with E-state index in [0.717, 1.165) is 56.6 Å². The van der Waals surface area contributed by atoms with Gasteiger partial charge in [-0.25, -0.2) is 0 Å². The average Bonchev–Trinajstić information content (AvgIpc) is 3.11. The summed E-state index contributed by atoms with van der Waals surface area (Å²) in [5.74, 6) is 0.286. The zero-order valence-electron chi connectivity index (χ0n) is 14.4. The lowest BCUT2D eigenvalue weighted by Gasteiger charge is -2.37. The van der Waals surface area contributed by atoms with E-state index in [-0.39, 0.29) is 18.0 Å². The summed E-state index contributed by atoms with van der Waals surface area (Å²) in [5, 5.41) is 5.10. The molecule has 0 spiro atoms. The average molecular weight is 339 g/mol. The number of halogens is 1. The molecule has 0 aromatic carbocycles. The van der Waals surface area contributed by atoms with Crippen molar-refractivity contribution >= 4 is 17.5 Å². The summed E-state index contributed by atoms with van der Waals surface area (Å²) >= 11 is 6.46. The maximum atomic E-state index is 13.2. The lowest BCUT2D eigenvalue weighted by molar-refractivity contribution is -0.139. The first-order valence-corrected chi connectivity index (χ1v) is 9.16. The number of carbonyl (C=O) groups excluding carboxylic acids is 1. The van der Waals surface area contributed by atoms with Crippen molar-refractivity contribution in [2.75, 3.05) is 19.6 Å². The van der Waals surface area contributed by atoms with Crippen LogP contribution in [0.15, 0.2) is 0 Å². The number of hydrogen-bond donors (Lipinski definition) is 0. The molecule has 128 valence electrons. The third-order valence-corrected chi connectivity index (χ3v) is 5.82. The summed E-state index contributed by atoms with van der Waals surface area (Å²) in [6, 6.07) is 0.134. The molecule has 0 unspecified atom stereocenters. The molecule has 0 aliphatic carbocycles. The molecule has 0 saturated carbocycles. The Kier molecular flexibility index (Phi) is 4.97. The Morgan fingerprint density at radius 3 is 2.70 bits per heavy atom. The van der Waals surface area contributed by atoms with Gasteiger partial charge < -0.3 is 4.90 Å². The van der Waals surface area contributed by atoms with Gasteiger partial charge in [-0.3, -0.25) is 14.4 Å². The second kappa shape index (κ2) is 6.81. The van der Waals surface area contributed by atoms with Crippen molar-refractivity contribution in [1.82, 2.24) is 19.6 Å². The van der Waals surface area contributed by atoms with Crippen LogP contribution in [0.4, 0.5) is 0 Å². The topological polar surface area (TPSA) is 41.4 Å². The van der Waals surface area contributed by atoms with Crippen LogP contribution < -0.4 is 0 Å². The van der Waals surface area contributed by atoms with Crippen LogP contribution >= 0.6 is 11.6 Å². The highest BCUT2D eigenvalue weighted by Crippen LogP contribution is 2.38. The van der Waals surface area contributed by atoms with Crippen molar-refractivity contribution in [1.29, 1.82) is 0 Å². The van der Waals surface area contributed by atoms with Crippen molar-refractivity contribution in [3.63, 3.8) is 0 Å². The van der Waals surface area contributed by atoms with Gasteiger partial charge in [0.1, 0.15) is 5.15 Å². The first kappa shape index (κ1) is 16.8. The van der Waals surface area contributed by atoms with Crippen LogP contribution in [0.25, 0.3) is 0 Å². The molecule has 3 rings (SSSR count). The molecule has 3 heterocycles. The maximum Gasteiger partial charge on any atom is 0.240 e. The zero-order chi connectivity index (χ0) is 16.6. The van der Waals surface area contributed by atoms with Crippen LogP contribution in [0.3, 0.4) is 0 Å². The standard InChI is InChI=1S/C17H27ClN4O/c1-4-21-10-6-5-8-14(21)17(23)22-11-7-9-13(22)15-12(2)19-20(3)16(15)18/h13-14H,4-11H2,1-3H3/t13-,14-/m1/s1.